The first-order valence-corrected chi connectivity index (χ1v) is 13.5. The summed E-state index contributed by atoms with van der Waals surface area (Å²) in [5.74, 6) is -0.0861. The van der Waals surface area contributed by atoms with Crippen LogP contribution in [0.5, 0.6) is 0 Å². The molecule has 192 valence electrons. The van der Waals surface area contributed by atoms with Crippen LogP contribution in [0.1, 0.15) is 23.6 Å². The number of fused-ring (bicyclic) bond motifs is 1. The summed E-state index contributed by atoms with van der Waals surface area (Å²) in [5.41, 5.74) is 4.38. The Morgan fingerprint density at radius 1 is 0.974 bits per heavy atom. The van der Waals surface area contributed by atoms with E-state index < -0.39 is 0 Å². The van der Waals surface area contributed by atoms with E-state index in [0.29, 0.717) is 44.0 Å². The first kappa shape index (κ1) is 24.7. The number of amides is 1. The fourth-order valence-electron chi connectivity index (χ4n) is 5.29. The molecule has 4 aromatic rings. The number of aromatic nitrogens is 1. The smallest absolute Gasteiger partial charge is 0.258 e. The van der Waals surface area contributed by atoms with Gasteiger partial charge in [0.1, 0.15) is 0 Å². The molecule has 0 unspecified atom stereocenters. The molecule has 1 saturated heterocycles. The van der Waals surface area contributed by atoms with Crippen molar-refractivity contribution in [2.24, 2.45) is 5.10 Å². The predicted molar refractivity (Wildman–Crippen MR) is 152 cm³/mol. The van der Waals surface area contributed by atoms with E-state index in [-0.39, 0.29) is 24.1 Å². The van der Waals surface area contributed by atoms with Gasteiger partial charge in [0, 0.05) is 40.4 Å². The van der Waals surface area contributed by atoms with Crippen molar-refractivity contribution < 1.29 is 9.53 Å². The maximum atomic E-state index is 13.7. The highest BCUT2D eigenvalue weighted by Crippen LogP contribution is 2.37. The molecule has 0 spiro atoms. The molecule has 1 amide bonds. The lowest BCUT2D eigenvalue weighted by molar-refractivity contribution is -0.135. The van der Waals surface area contributed by atoms with Gasteiger partial charge >= 0.3 is 0 Å². The molecule has 0 aliphatic carbocycles. The standard InChI is InChI=1S/C30H27BrN4O3/c31-22-11-12-24-23(17-22)28(21-9-5-2-6-10-21)29(30(37)32-24)25-18-26(20-7-3-1-4-8-20)35(33-25)27(36)19-34-13-15-38-16-14-34/h1-12,17,26H,13-16,18-19H2,(H,32,37)/t26-/m0/s1. The van der Waals surface area contributed by atoms with Crippen molar-refractivity contribution in [3.63, 3.8) is 0 Å². The molecule has 1 aromatic heterocycles. The minimum absolute atomic E-state index is 0.0861. The van der Waals surface area contributed by atoms with Gasteiger partial charge in [0.2, 0.25) is 0 Å². The lowest BCUT2D eigenvalue weighted by Gasteiger charge is -2.29. The van der Waals surface area contributed by atoms with Crippen molar-refractivity contribution >= 4 is 38.5 Å². The molecule has 2 aliphatic rings. The second kappa shape index (κ2) is 10.6. The highest BCUT2D eigenvalue weighted by atomic mass is 79.9. The summed E-state index contributed by atoms with van der Waals surface area (Å²) < 4.78 is 6.36. The molecule has 0 radical (unpaired) electrons. The fraction of sp³-hybridized carbons (Fsp3) is 0.233. The summed E-state index contributed by atoms with van der Waals surface area (Å²) in [5, 5.41) is 7.37. The van der Waals surface area contributed by atoms with E-state index in [1.807, 2.05) is 78.9 Å². The van der Waals surface area contributed by atoms with Gasteiger partial charge in [0.15, 0.2) is 0 Å². The maximum Gasteiger partial charge on any atom is 0.258 e. The van der Waals surface area contributed by atoms with Crippen LogP contribution in [0.3, 0.4) is 0 Å². The number of rotatable bonds is 5. The molecule has 38 heavy (non-hydrogen) atoms. The van der Waals surface area contributed by atoms with Gasteiger partial charge in [-0.05, 0) is 29.3 Å². The molecule has 8 heteroatoms. The zero-order valence-electron chi connectivity index (χ0n) is 20.8. The summed E-state index contributed by atoms with van der Waals surface area (Å²) in [4.78, 5) is 32.4. The van der Waals surface area contributed by atoms with Crippen LogP contribution >= 0.6 is 15.9 Å². The van der Waals surface area contributed by atoms with Gasteiger partial charge in [-0.15, -0.1) is 0 Å². The van der Waals surface area contributed by atoms with Gasteiger partial charge in [-0.3, -0.25) is 14.5 Å². The summed E-state index contributed by atoms with van der Waals surface area (Å²) in [6.07, 6.45) is 0.446. The largest absolute Gasteiger partial charge is 0.379 e. The zero-order valence-corrected chi connectivity index (χ0v) is 22.4. The minimum atomic E-state index is -0.291. The number of ether oxygens (including phenoxy) is 1. The van der Waals surface area contributed by atoms with Gasteiger partial charge in [-0.25, -0.2) is 5.01 Å². The Labute approximate surface area is 228 Å². The van der Waals surface area contributed by atoms with E-state index in [2.05, 4.69) is 25.8 Å². The molecule has 6 rings (SSSR count). The summed E-state index contributed by atoms with van der Waals surface area (Å²) in [6, 6.07) is 25.3. The predicted octanol–water partition coefficient (Wildman–Crippen LogP) is 4.97. The van der Waals surface area contributed by atoms with Crippen molar-refractivity contribution in [2.75, 3.05) is 32.8 Å². The third-order valence-electron chi connectivity index (χ3n) is 7.14. The molecular formula is C30H27BrN4O3. The number of pyridine rings is 1. The number of nitrogens with one attached hydrogen (secondary N) is 1. The minimum Gasteiger partial charge on any atom is -0.379 e. The number of benzene rings is 3. The number of nitrogens with zero attached hydrogens (tertiary/aromatic N) is 3. The van der Waals surface area contributed by atoms with Crippen LogP contribution in [0, 0.1) is 0 Å². The quantitative estimate of drug-likeness (QED) is 0.367. The highest BCUT2D eigenvalue weighted by Gasteiger charge is 2.36. The van der Waals surface area contributed by atoms with Gasteiger partial charge in [0.05, 0.1) is 37.1 Å². The fourth-order valence-corrected chi connectivity index (χ4v) is 5.66. The summed E-state index contributed by atoms with van der Waals surface area (Å²) in [6.45, 7) is 2.92. The van der Waals surface area contributed by atoms with Crippen molar-refractivity contribution in [1.29, 1.82) is 0 Å². The van der Waals surface area contributed by atoms with E-state index in [9.17, 15) is 9.59 Å². The summed E-state index contributed by atoms with van der Waals surface area (Å²) >= 11 is 3.59. The van der Waals surface area contributed by atoms with Crippen LogP contribution in [0.4, 0.5) is 0 Å². The first-order chi connectivity index (χ1) is 18.6. The van der Waals surface area contributed by atoms with E-state index in [1.54, 1.807) is 5.01 Å². The number of hydrogen-bond donors (Lipinski definition) is 1. The lowest BCUT2D eigenvalue weighted by atomic mass is 9.91. The third kappa shape index (κ3) is 4.82. The normalized spacial score (nSPS) is 18.1. The van der Waals surface area contributed by atoms with Crippen molar-refractivity contribution in [3.05, 3.63) is 105 Å². The summed E-state index contributed by atoms with van der Waals surface area (Å²) in [7, 11) is 0. The van der Waals surface area contributed by atoms with Crippen molar-refractivity contribution in [3.8, 4) is 11.1 Å². The number of morpholine rings is 1. The Hall–Kier alpha value is -3.59. The molecule has 1 N–H and O–H groups in total. The number of hydrogen-bond acceptors (Lipinski definition) is 5. The van der Waals surface area contributed by atoms with Crippen molar-refractivity contribution in [2.45, 2.75) is 12.5 Å². The molecule has 3 heterocycles. The van der Waals surface area contributed by atoms with Crippen LogP contribution in [0.2, 0.25) is 0 Å². The molecule has 0 bridgehead atoms. The molecule has 0 saturated carbocycles. The molecule has 3 aromatic carbocycles. The topological polar surface area (TPSA) is 78.0 Å². The molecule has 2 aliphatic heterocycles. The highest BCUT2D eigenvalue weighted by molar-refractivity contribution is 9.10. The van der Waals surface area contributed by atoms with Crippen LogP contribution in [-0.2, 0) is 9.53 Å². The Balaban J connectivity index is 1.49. The third-order valence-corrected chi connectivity index (χ3v) is 7.63. The van der Waals surface area contributed by atoms with E-state index in [0.717, 1.165) is 32.1 Å². The van der Waals surface area contributed by atoms with Crippen LogP contribution < -0.4 is 5.56 Å². The number of carbonyl (C=O) groups is 1. The molecule has 1 fully saturated rings. The number of carbonyl (C=O) groups excluding carboxylic acids is 1. The van der Waals surface area contributed by atoms with Crippen LogP contribution in [0.15, 0.2) is 93.2 Å². The Morgan fingerprint density at radius 2 is 1.68 bits per heavy atom. The SMILES string of the molecule is O=C(CN1CCOCC1)N1N=C(c2c(-c3ccccc3)c3cc(Br)ccc3[nH]c2=O)C[C@H]1c1ccccc1. The molecule has 1 atom stereocenters. The van der Waals surface area contributed by atoms with Gasteiger partial charge in [-0.1, -0.05) is 76.6 Å². The van der Waals surface area contributed by atoms with Gasteiger partial charge in [0.25, 0.3) is 11.5 Å². The number of halogens is 1. The Bertz CT molecular complexity index is 1560. The first-order valence-electron chi connectivity index (χ1n) is 12.7. The zero-order chi connectivity index (χ0) is 26.1. The Kier molecular flexibility index (Phi) is 6.93. The average Bonchev–Trinajstić information content (AvgIpc) is 3.39. The van der Waals surface area contributed by atoms with E-state index in [1.165, 1.54) is 0 Å². The number of H-pyrrole nitrogens is 1. The van der Waals surface area contributed by atoms with Crippen molar-refractivity contribution in [1.82, 2.24) is 14.9 Å². The molecular weight excluding hydrogens is 544 g/mol. The second-order valence-corrected chi connectivity index (χ2v) is 10.5. The second-order valence-electron chi connectivity index (χ2n) is 9.56. The van der Waals surface area contributed by atoms with Crippen LogP contribution in [-0.4, -0.2) is 59.4 Å². The molecule has 7 nitrogen and oxygen atoms in total. The maximum absolute atomic E-state index is 13.7. The lowest BCUT2D eigenvalue weighted by Crippen LogP contribution is -2.43. The van der Waals surface area contributed by atoms with E-state index >= 15 is 0 Å². The van der Waals surface area contributed by atoms with Gasteiger partial charge < -0.3 is 9.72 Å². The Morgan fingerprint density at radius 3 is 2.42 bits per heavy atom. The number of hydrazone groups is 1. The number of aromatic amines is 1. The van der Waals surface area contributed by atoms with Crippen LogP contribution in [0.25, 0.3) is 22.0 Å². The van der Waals surface area contributed by atoms with E-state index in [4.69, 9.17) is 9.84 Å². The van der Waals surface area contributed by atoms with Gasteiger partial charge in [-0.2, -0.15) is 5.10 Å². The monoisotopic (exact) mass is 570 g/mol. The average molecular weight is 571 g/mol.